The number of amides is 2. The maximum atomic E-state index is 14.9. The molecule has 31 heavy (non-hydrogen) atoms. The van der Waals surface area contributed by atoms with Crippen molar-refractivity contribution < 1.29 is 33.4 Å². The van der Waals surface area contributed by atoms with E-state index in [9.17, 15) is 18.8 Å². The highest BCUT2D eigenvalue weighted by Gasteiger charge is 2.27. The third-order valence-corrected chi connectivity index (χ3v) is 4.38. The average molecular weight is 430 g/mol. The molecular formula is C22H23FN2O6. The van der Waals surface area contributed by atoms with E-state index in [0.717, 1.165) is 0 Å². The second-order valence-corrected chi connectivity index (χ2v) is 8.14. The van der Waals surface area contributed by atoms with E-state index >= 15 is 0 Å². The number of benzene rings is 2. The molecule has 0 fully saturated rings. The van der Waals surface area contributed by atoms with Crippen LogP contribution in [0.25, 0.3) is 0 Å². The molecule has 1 aliphatic rings. The van der Waals surface area contributed by atoms with Gasteiger partial charge in [0.15, 0.2) is 5.82 Å². The molecule has 0 atom stereocenters. The monoisotopic (exact) mass is 430 g/mol. The predicted octanol–water partition coefficient (Wildman–Crippen LogP) is 4.31. The Hall–Kier alpha value is -3.62. The number of nitrogens with zero attached hydrogens (tertiary/aromatic N) is 1. The van der Waals surface area contributed by atoms with Crippen molar-refractivity contribution in [1.29, 1.82) is 0 Å². The van der Waals surface area contributed by atoms with Crippen molar-refractivity contribution in [1.82, 2.24) is 4.90 Å². The lowest BCUT2D eigenvalue weighted by atomic mass is 10.1. The number of hydrogen-bond acceptors (Lipinski definition) is 5. The zero-order valence-corrected chi connectivity index (χ0v) is 17.4. The number of nitrogens with one attached hydrogen (secondary N) is 1. The minimum atomic E-state index is -0.987. The van der Waals surface area contributed by atoms with Gasteiger partial charge in [-0.3, -0.25) is 15.0 Å². The van der Waals surface area contributed by atoms with E-state index in [1.54, 1.807) is 39.0 Å². The van der Waals surface area contributed by atoms with Gasteiger partial charge in [-0.2, -0.15) is 0 Å². The summed E-state index contributed by atoms with van der Waals surface area (Å²) in [6, 6.07) is 9.32. The van der Waals surface area contributed by atoms with Crippen LogP contribution in [0.1, 0.15) is 37.5 Å². The molecule has 2 amide bonds. The van der Waals surface area contributed by atoms with Gasteiger partial charge in [-0.25, -0.2) is 14.0 Å². The molecule has 0 aromatic heterocycles. The van der Waals surface area contributed by atoms with E-state index in [4.69, 9.17) is 14.6 Å². The van der Waals surface area contributed by atoms with Crippen LogP contribution >= 0.6 is 0 Å². The van der Waals surface area contributed by atoms with Gasteiger partial charge in [0, 0.05) is 11.1 Å². The molecule has 0 spiro atoms. The number of aliphatic carboxylic acids is 1. The number of rotatable bonds is 5. The van der Waals surface area contributed by atoms with Gasteiger partial charge < -0.3 is 14.6 Å². The van der Waals surface area contributed by atoms with Crippen molar-refractivity contribution in [3.63, 3.8) is 0 Å². The Morgan fingerprint density at radius 1 is 1.26 bits per heavy atom. The molecule has 2 N–H and O–H groups in total. The highest BCUT2D eigenvalue weighted by molar-refractivity contribution is 5.85. The Balaban J connectivity index is 1.74. The van der Waals surface area contributed by atoms with Crippen molar-refractivity contribution in [2.45, 2.75) is 45.9 Å². The van der Waals surface area contributed by atoms with Crippen molar-refractivity contribution >= 4 is 23.8 Å². The quantitative estimate of drug-likeness (QED) is 0.732. The van der Waals surface area contributed by atoms with E-state index in [1.165, 1.54) is 23.1 Å². The molecule has 164 valence electrons. The molecule has 8 nitrogen and oxygen atoms in total. The SMILES string of the molecule is CC(C)(C)OC(=O)Nc1cccc(CN2Cc3ccc(CC(=O)O)cc3OC2=O)c1F. The first-order chi connectivity index (χ1) is 14.5. The number of carboxylic acid groups (broad SMARTS) is 1. The van der Waals surface area contributed by atoms with Crippen LogP contribution in [-0.2, 0) is 29.0 Å². The first-order valence-electron chi connectivity index (χ1n) is 9.59. The van der Waals surface area contributed by atoms with Crippen LogP contribution in [0.15, 0.2) is 36.4 Å². The topological polar surface area (TPSA) is 105 Å². The smallest absolute Gasteiger partial charge is 0.415 e. The lowest BCUT2D eigenvalue weighted by Gasteiger charge is -2.28. The summed E-state index contributed by atoms with van der Waals surface area (Å²) >= 11 is 0. The summed E-state index contributed by atoms with van der Waals surface area (Å²) in [6.45, 7) is 5.19. The zero-order valence-electron chi connectivity index (χ0n) is 17.4. The minimum absolute atomic E-state index is 0.0594. The minimum Gasteiger partial charge on any atom is -0.481 e. The molecule has 0 saturated carbocycles. The highest BCUT2D eigenvalue weighted by Crippen LogP contribution is 2.29. The summed E-state index contributed by atoms with van der Waals surface area (Å²) in [5, 5.41) is 11.3. The van der Waals surface area contributed by atoms with Crippen LogP contribution in [0.4, 0.5) is 19.7 Å². The van der Waals surface area contributed by atoms with Gasteiger partial charge in [0.25, 0.3) is 0 Å². The molecule has 0 bridgehead atoms. The van der Waals surface area contributed by atoms with Crippen molar-refractivity contribution in [2.75, 3.05) is 5.32 Å². The van der Waals surface area contributed by atoms with E-state index in [2.05, 4.69) is 5.32 Å². The summed E-state index contributed by atoms with van der Waals surface area (Å²) in [7, 11) is 0. The summed E-state index contributed by atoms with van der Waals surface area (Å²) in [5.74, 6) is -1.37. The molecular weight excluding hydrogens is 407 g/mol. The zero-order chi connectivity index (χ0) is 22.8. The van der Waals surface area contributed by atoms with E-state index in [1.807, 2.05) is 0 Å². The number of carbonyl (C=O) groups is 3. The second-order valence-electron chi connectivity index (χ2n) is 8.14. The molecule has 3 rings (SSSR count). The summed E-state index contributed by atoms with van der Waals surface area (Å²) in [5.41, 5.74) is 0.594. The number of carboxylic acids is 1. The van der Waals surface area contributed by atoms with Crippen LogP contribution < -0.4 is 10.1 Å². The van der Waals surface area contributed by atoms with Gasteiger partial charge in [0.2, 0.25) is 0 Å². The molecule has 0 radical (unpaired) electrons. The molecule has 0 aliphatic carbocycles. The normalized spacial score (nSPS) is 13.3. The number of anilines is 1. The standard InChI is InChI=1S/C22H23FN2O6/c1-22(2,3)31-20(28)24-16-6-4-5-15(19(16)23)12-25-11-14-8-7-13(10-18(26)27)9-17(14)30-21(25)29/h4-9H,10-12H2,1-3H3,(H,24,28)(H,26,27). The first kappa shape index (κ1) is 22.1. The van der Waals surface area contributed by atoms with E-state index in [-0.39, 0.29) is 30.8 Å². The number of fused-ring (bicyclic) bond motifs is 1. The van der Waals surface area contributed by atoms with Gasteiger partial charge in [-0.15, -0.1) is 0 Å². The Bertz CT molecular complexity index is 1030. The number of ether oxygens (including phenoxy) is 2. The van der Waals surface area contributed by atoms with E-state index in [0.29, 0.717) is 16.9 Å². The molecule has 1 aliphatic heterocycles. The van der Waals surface area contributed by atoms with Gasteiger partial charge >= 0.3 is 18.2 Å². The Morgan fingerprint density at radius 3 is 2.68 bits per heavy atom. The first-order valence-corrected chi connectivity index (χ1v) is 9.59. The Labute approximate surface area is 178 Å². The maximum Gasteiger partial charge on any atom is 0.415 e. The largest absolute Gasteiger partial charge is 0.481 e. The molecule has 2 aromatic rings. The number of hydrogen-bond donors (Lipinski definition) is 2. The summed E-state index contributed by atoms with van der Waals surface area (Å²) < 4.78 is 25.4. The van der Waals surface area contributed by atoms with Crippen molar-refractivity contribution in [3.8, 4) is 5.75 Å². The second kappa shape index (κ2) is 8.63. The highest BCUT2D eigenvalue weighted by atomic mass is 19.1. The van der Waals surface area contributed by atoms with Crippen LogP contribution in [0.3, 0.4) is 0 Å². The Morgan fingerprint density at radius 2 is 2.00 bits per heavy atom. The lowest BCUT2D eigenvalue weighted by molar-refractivity contribution is -0.136. The third kappa shape index (κ3) is 5.71. The van der Waals surface area contributed by atoms with Gasteiger partial charge in [-0.1, -0.05) is 24.3 Å². The van der Waals surface area contributed by atoms with Crippen LogP contribution in [0, 0.1) is 5.82 Å². The third-order valence-electron chi connectivity index (χ3n) is 4.38. The fourth-order valence-electron chi connectivity index (χ4n) is 3.08. The van der Waals surface area contributed by atoms with Gasteiger partial charge in [-0.05, 0) is 38.5 Å². The van der Waals surface area contributed by atoms with Crippen molar-refractivity contribution in [3.05, 3.63) is 58.9 Å². The van der Waals surface area contributed by atoms with Crippen LogP contribution in [0.2, 0.25) is 0 Å². The number of carbonyl (C=O) groups excluding carboxylic acids is 2. The van der Waals surface area contributed by atoms with Crippen LogP contribution in [-0.4, -0.2) is 33.8 Å². The summed E-state index contributed by atoms with van der Waals surface area (Å²) in [4.78, 5) is 36.5. The Kier molecular flexibility index (Phi) is 6.14. The molecule has 0 saturated heterocycles. The van der Waals surface area contributed by atoms with Crippen molar-refractivity contribution in [2.24, 2.45) is 0 Å². The van der Waals surface area contributed by atoms with Gasteiger partial charge in [0.1, 0.15) is 11.4 Å². The molecule has 2 aromatic carbocycles. The predicted molar refractivity (Wildman–Crippen MR) is 109 cm³/mol. The lowest BCUT2D eigenvalue weighted by Crippen LogP contribution is -2.36. The van der Waals surface area contributed by atoms with Crippen LogP contribution in [0.5, 0.6) is 5.75 Å². The number of halogens is 1. The molecule has 1 heterocycles. The van der Waals surface area contributed by atoms with Gasteiger partial charge in [0.05, 0.1) is 25.2 Å². The fourth-order valence-corrected chi connectivity index (χ4v) is 3.08. The molecule has 0 unspecified atom stereocenters. The molecule has 9 heteroatoms. The summed E-state index contributed by atoms with van der Waals surface area (Å²) in [6.07, 6.45) is -1.64. The van der Waals surface area contributed by atoms with E-state index < -0.39 is 29.6 Å². The fraction of sp³-hybridized carbons (Fsp3) is 0.318. The average Bonchev–Trinajstić information content (AvgIpc) is 2.63. The maximum absolute atomic E-state index is 14.9.